The summed E-state index contributed by atoms with van der Waals surface area (Å²) in [6, 6.07) is 29.5. The predicted octanol–water partition coefficient (Wildman–Crippen LogP) is 9.88. The zero-order valence-electron chi connectivity index (χ0n) is 34.2. The third-order valence-corrected chi connectivity index (χ3v) is 10.6. The van der Waals surface area contributed by atoms with E-state index in [1.165, 1.54) is 21.9 Å². The second kappa shape index (κ2) is 18.4. The maximum atomic E-state index is 14.7. The van der Waals surface area contributed by atoms with Crippen LogP contribution in [0.2, 0.25) is 0 Å². The lowest BCUT2D eigenvalue weighted by Gasteiger charge is -2.39. The van der Waals surface area contributed by atoms with Crippen molar-refractivity contribution in [1.29, 1.82) is 0 Å². The number of esters is 2. The number of ether oxygens (including phenoxy) is 4. The van der Waals surface area contributed by atoms with E-state index in [2.05, 4.69) is 0 Å². The summed E-state index contributed by atoms with van der Waals surface area (Å²) in [7, 11) is 6.39. The van der Waals surface area contributed by atoms with Crippen molar-refractivity contribution in [3.05, 3.63) is 167 Å². The van der Waals surface area contributed by atoms with E-state index in [4.69, 9.17) is 18.9 Å². The van der Waals surface area contributed by atoms with Gasteiger partial charge in [0, 0.05) is 36.1 Å². The second-order valence-corrected chi connectivity index (χ2v) is 14.9. The number of halogens is 4. The molecule has 0 aliphatic heterocycles. The fourth-order valence-electron chi connectivity index (χ4n) is 7.39. The molecule has 0 heterocycles. The molecule has 8 nitrogen and oxygen atoms in total. The molecule has 312 valence electrons. The summed E-state index contributed by atoms with van der Waals surface area (Å²) in [5.41, 5.74) is -1.21. The maximum absolute atomic E-state index is 14.7. The van der Waals surface area contributed by atoms with Gasteiger partial charge >= 0.3 is 11.9 Å². The molecule has 6 aromatic rings. The first-order valence-electron chi connectivity index (χ1n) is 19.3. The Morgan fingerprint density at radius 2 is 0.917 bits per heavy atom. The topological polar surface area (TPSA) is 77.5 Å². The minimum atomic E-state index is -1.71. The van der Waals surface area contributed by atoms with E-state index in [0.717, 1.165) is 69.1 Å². The van der Waals surface area contributed by atoms with Gasteiger partial charge in [0.05, 0.1) is 13.2 Å². The number of carbonyl (C=O) groups is 2. The van der Waals surface area contributed by atoms with Crippen LogP contribution in [0.3, 0.4) is 0 Å². The molecule has 0 aromatic heterocycles. The maximum Gasteiger partial charge on any atom is 0.333 e. The van der Waals surface area contributed by atoms with Crippen LogP contribution >= 0.6 is 0 Å². The molecule has 2 atom stereocenters. The first kappa shape index (κ1) is 43.3. The highest BCUT2D eigenvalue weighted by Crippen LogP contribution is 2.36. The number of rotatable bonds is 16. The molecule has 6 aromatic carbocycles. The molecule has 60 heavy (non-hydrogen) atoms. The molecule has 0 N–H and O–H groups in total. The Balaban J connectivity index is 1.24. The van der Waals surface area contributed by atoms with Crippen molar-refractivity contribution >= 4 is 33.5 Å². The molecule has 0 spiro atoms. The molecule has 0 aliphatic carbocycles. The first-order valence-corrected chi connectivity index (χ1v) is 19.3. The van der Waals surface area contributed by atoms with Gasteiger partial charge in [-0.15, -0.1) is 0 Å². The van der Waals surface area contributed by atoms with Crippen LogP contribution in [0, 0.1) is 37.1 Å². The average Bonchev–Trinajstić information content (AvgIpc) is 3.21. The van der Waals surface area contributed by atoms with Gasteiger partial charge in [-0.1, -0.05) is 60.7 Å². The van der Waals surface area contributed by atoms with Gasteiger partial charge < -0.3 is 18.9 Å². The monoisotopic (exact) mass is 822 g/mol. The normalized spacial score (nSPS) is 13.7. The van der Waals surface area contributed by atoms with Gasteiger partial charge in [0.2, 0.25) is 0 Å². The lowest BCUT2D eigenvalue weighted by Crippen LogP contribution is -2.47. The average molecular weight is 823 g/mol. The largest absolute Gasteiger partial charge is 0.493 e. The van der Waals surface area contributed by atoms with Gasteiger partial charge in [-0.25, -0.2) is 27.2 Å². The Hall–Kier alpha value is -6.24. The van der Waals surface area contributed by atoms with Gasteiger partial charge in [0.25, 0.3) is 0 Å². The Kier molecular flexibility index (Phi) is 13.3. The van der Waals surface area contributed by atoms with Crippen molar-refractivity contribution < 1.29 is 46.1 Å². The molecule has 0 fully saturated rings. The molecule has 0 aliphatic rings. The van der Waals surface area contributed by atoms with Crippen molar-refractivity contribution in [2.45, 2.75) is 38.1 Å². The molecule has 0 bridgehead atoms. The van der Waals surface area contributed by atoms with Crippen molar-refractivity contribution in [3.63, 3.8) is 0 Å². The third-order valence-electron chi connectivity index (χ3n) is 10.6. The number of benzene rings is 6. The van der Waals surface area contributed by atoms with Crippen LogP contribution in [0.25, 0.3) is 21.5 Å². The fourth-order valence-corrected chi connectivity index (χ4v) is 7.39. The number of carbonyl (C=O) groups excluding carboxylic acids is 2. The molecular formula is C48H46F4N2O6. The SMILES string of the molecule is Cc1cc(OCCC(OC(=O)/C=C\C(=O)OC(CCOc2cc(C)c3ccccc3c2)(c2ccc(F)c(F)c2)N(C)C)(c2ccc(F)c(F)c2)N(C)C)cc2ccccc12. The van der Waals surface area contributed by atoms with Crippen LogP contribution in [0.15, 0.2) is 121 Å². The van der Waals surface area contributed by atoms with Crippen molar-refractivity contribution in [3.8, 4) is 11.5 Å². The van der Waals surface area contributed by atoms with E-state index < -0.39 is 46.7 Å². The van der Waals surface area contributed by atoms with Gasteiger partial charge in [0.15, 0.2) is 34.7 Å². The summed E-state index contributed by atoms with van der Waals surface area (Å²) in [6.07, 6.45) is 1.59. The molecule has 0 radical (unpaired) electrons. The summed E-state index contributed by atoms with van der Waals surface area (Å²) >= 11 is 0. The smallest absolute Gasteiger partial charge is 0.333 e. The molecule has 0 saturated heterocycles. The minimum absolute atomic E-state index is 0.0194. The van der Waals surface area contributed by atoms with E-state index in [1.54, 1.807) is 28.2 Å². The summed E-state index contributed by atoms with van der Waals surface area (Å²) in [5.74, 6) is -5.43. The molecule has 2 unspecified atom stereocenters. The third kappa shape index (κ3) is 9.46. The van der Waals surface area contributed by atoms with Crippen molar-refractivity contribution in [1.82, 2.24) is 9.80 Å². The van der Waals surface area contributed by atoms with Gasteiger partial charge in [-0.3, -0.25) is 9.80 Å². The van der Waals surface area contributed by atoms with E-state index >= 15 is 0 Å². The van der Waals surface area contributed by atoms with Crippen LogP contribution in [0.4, 0.5) is 17.6 Å². The van der Waals surface area contributed by atoms with Crippen molar-refractivity contribution in [2.24, 2.45) is 0 Å². The highest BCUT2D eigenvalue weighted by Gasteiger charge is 2.41. The lowest BCUT2D eigenvalue weighted by atomic mass is 9.97. The number of hydrogen-bond acceptors (Lipinski definition) is 8. The highest BCUT2D eigenvalue weighted by atomic mass is 19.2. The highest BCUT2D eigenvalue weighted by molar-refractivity contribution is 5.92. The predicted molar refractivity (Wildman–Crippen MR) is 222 cm³/mol. The molecular weight excluding hydrogens is 777 g/mol. The second-order valence-electron chi connectivity index (χ2n) is 14.9. The quantitative estimate of drug-likeness (QED) is 0.0414. The zero-order valence-corrected chi connectivity index (χ0v) is 34.2. The molecule has 6 rings (SSSR count). The van der Waals surface area contributed by atoms with Crippen LogP contribution in [0.5, 0.6) is 11.5 Å². The minimum Gasteiger partial charge on any atom is -0.493 e. The Morgan fingerprint density at radius 3 is 1.28 bits per heavy atom. The summed E-state index contributed by atoms with van der Waals surface area (Å²) in [6.45, 7) is 3.88. The van der Waals surface area contributed by atoms with Crippen LogP contribution in [0.1, 0.15) is 35.1 Å². The number of hydrogen-bond donors (Lipinski definition) is 0. The first-order chi connectivity index (χ1) is 28.6. The van der Waals surface area contributed by atoms with Gasteiger partial charge in [0.1, 0.15) is 11.5 Å². The number of nitrogens with zero attached hydrogens (tertiary/aromatic N) is 2. The van der Waals surface area contributed by atoms with Crippen LogP contribution in [-0.2, 0) is 30.5 Å². The van der Waals surface area contributed by atoms with Crippen molar-refractivity contribution in [2.75, 3.05) is 41.4 Å². The number of aryl methyl sites for hydroxylation is 2. The van der Waals surface area contributed by atoms with E-state index in [1.807, 2.05) is 86.6 Å². The van der Waals surface area contributed by atoms with Crippen LogP contribution in [-0.4, -0.2) is 63.1 Å². The van der Waals surface area contributed by atoms with E-state index in [0.29, 0.717) is 11.5 Å². The fraction of sp³-hybridized carbons (Fsp3) is 0.250. The summed E-state index contributed by atoms with van der Waals surface area (Å²) < 4.78 is 82.0. The van der Waals surface area contributed by atoms with E-state index in [9.17, 15) is 27.2 Å². The van der Waals surface area contributed by atoms with Crippen LogP contribution < -0.4 is 9.47 Å². The Bertz CT molecular complexity index is 2390. The molecule has 12 heteroatoms. The number of fused-ring (bicyclic) bond motifs is 2. The molecule has 0 saturated carbocycles. The van der Waals surface area contributed by atoms with Gasteiger partial charge in [-0.05, 0) is 123 Å². The lowest BCUT2D eigenvalue weighted by molar-refractivity contribution is -0.183. The molecule has 0 amide bonds. The van der Waals surface area contributed by atoms with Gasteiger partial charge in [-0.2, -0.15) is 0 Å². The van der Waals surface area contributed by atoms with E-state index in [-0.39, 0.29) is 37.2 Å². The summed E-state index contributed by atoms with van der Waals surface area (Å²) in [4.78, 5) is 30.3. The Labute approximate surface area is 346 Å². The summed E-state index contributed by atoms with van der Waals surface area (Å²) in [5, 5.41) is 4.05. The zero-order chi connectivity index (χ0) is 43.2. The Morgan fingerprint density at radius 1 is 0.533 bits per heavy atom. The standard InChI is InChI=1S/C48H46F4N2O6/c1-31-25-37(27-33-11-7-9-13-39(31)33)57-23-21-47(53(3)4,35-15-17-41(49)43(51)29-35)59-45(55)19-20-46(56)60-48(54(5)6,36-16-18-42(50)44(52)30-36)22-24-58-38-26-32(2)40-14-10-8-12-34(40)28-38/h7-20,25-30H,21-24H2,1-6H3/b20-19-.